The molecular weight excluding hydrogens is 312 g/mol. The number of nitrogens with zero attached hydrogens (tertiary/aromatic N) is 3. The van der Waals surface area contributed by atoms with Crippen molar-refractivity contribution < 1.29 is 5.11 Å². The molecule has 2 fully saturated rings. The first kappa shape index (κ1) is 15.2. The van der Waals surface area contributed by atoms with Crippen molar-refractivity contribution in [2.45, 2.75) is 31.5 Å². The third-order valence-electron chi connectivity index (χ3n) is 6.13. The van der Waals surface area contributed by atoms with Gasteiger partial charge in [0.05, 0.1) is 12.1 Å². The monoisotopic (exact) mass is 336 g/mol. The van der Waals surface area contributed by atoms with E-state index in [9.17, 15) is 5.11 Å². The SMILES string of the molecule is O[C@@H]1C[C@H]2CN(Cc3cccc4[nH]ccc34)C[C@H]2C[C@H]1n1cccn1. The molecule has 2 N–H and O–H groups in total. The lowest BCUT2D eigenvalue weighted by Gasteiger charge is -2.35. The summed E-state index contributed by atoms with van der Waals surface area (Å²) in [6, 6.07) is 10.7. The molecule has 0 bridgehead atoms. The molecule has 25 heavy (non-hydrogen) atoms. The van der Waals surface area contributed by atoms with Gasteiger partial charge in [0.25, 0.3) is 0 Å². The Balaban J connectivity index is 1.32. The fourth-order valence-electron chi connectivity index (χ4n) is 4.92. The van der Waals surface area contributed by atoms with Gasteiger partial charge in [0.2, 0.25) is 0 Å². The number of fused-ring (bicyclic) bond motifs is 2. The van der Waals surface area contributed by atoms with Crippen LogP contribution < -0.4 is 0 Å². The van der Waals surface area contributed by atoms with Gasteiger partial charge in [0, 0.05) is 49.1 Å². The van der Waals surface area contributed by atoms with Crippen LogP contribution in [0.15, 0.2) is 48.9 Å². The Bertz CT molecular complexity index is 856. The molecule has 4 atom stereocenters. The predicted octanol–water partition coefficient (Wildman–Crippen LogP) is 2.81. The number of nitrogens with one attached hydrogen (secondary N) is 1. The molecule has 2 aromatic heterocycles. The summed E-state index contributed by atoms with van der Waals surface area (Å²) in [5, 5.41) is 16.3. The Morgan fingerprint density at radius 3 is 2.84 bits per heavy atom. The Kier molecular flexibility index (Phi) is 3.64. The molecule has 5 rings (SSSR count). The van der Waals surface area contributed by atoms with Crippen molar-refractivity contribution in [1.29, 1.82) is 0 Å². The number of likely N-dealkylation sites (tertiary alicyclic amines) is 1. The highest BCUT2D eigenvalue weighted by molar-refractivity contribution is 5.82. The Hall–Kier alpha value is -2.11. The average Bonchev–Trinajstić information content (AvgIpc) is 3.34. The summed E-state index contributed by atoms with van der Waals surface area (Å²) in [5.74, 6) is 1.26. The molecule has 0 spiro atoms. The molecule has 0 radical (unpaired) electrons. The van der Waals surface area contributed by atoms with E-state index in [0.29, 0.717) is 11.8 Å². The van der Waals surface area contributed by atoms with Gasteiger partial charge >= 0.3 is 0 Å². The van der Waals surface area contributed by atoms with Crippen molar-refractivity contribution in [2.75, 3.05) is 13.1 Å². The van der Waals surface area contributed by atoms with E-state index in [1.54, 1.807) is 6.20 Å². The van der Waals surface area contributed by atoms with E-state index in [0.717, 1.165) is 32.5 Å². The van der Waals surface area contributed by atoms with Crippen molar-refractivity contribution in [3.05, 3.63) is 54.5 Å². The second-order valence-electron chi connectivity index (χ2n) is 7.66. The summed E-state index contributed by atoms with van der Waals surface area (Å²) in [4.78, 5) is 5.87. The summed E-state index contributed by atoms with van der Waals surface area (Å²) >= 11 is 0. The molecule has 2 aliphatic rings. The minimum atomic E-state index is -0.283. The summed E-state index contributed by atoms with van der Waals surface area (Å²) in [7, 11) is 0. The summed E-state index contributed by atoms with van der Waals surface area (Å²) in [6.45, 7) is 3.20. The maximum absolute atomic E-state index is 10.6. The largest absolute Gasteiger partial charge is 0.391 e. The smallest absolute Gasteiger partial charge is 0.0781 e. The van der Waals surface area contributed by atoms with Crippen LogP contribution in [-0.2, 0) is 6.54 Å². The van der Waals surface area contributed by atoms with Gasteiger partial charge in [-0.1, -0.05) is 12.1 Å². The Morgan fingerprint density at radius 2 is 2.00 bits per heavy atom. The maximum atomic E-state index is 10.6. The van der Waals surface area contributed by atoms with Crippen molar-refractivity contribution in [1.82, 2.24) is 19.7 Å². The molecular formula is C20H24N4O. The Morgan fingerprint density at radius 1 is 1.12 bits per heavy atom. The van der Waals surface area contributed by atoms with Crippen LogP contribution in [0.3, 0.4) is 0 Å². The van der Waals surface area contributed by atoms with E-state index in [2.05, 4.69) is 39.2 Å². The number of aliphatic hydroxyl groups excluding tert-OH is 1. The maximum Gasteiger partial charge on any atom is 0.0781 e. The van der Waals surface area contributed by atoms with Gasteiger partial charge in [0.15, 0.2) is 0 Å². The minimum Gasteiger partial charge on any atom is -0.391 e. The molecule has 1 aliphatic carbocycles. The minimum absolute atomic E-state index is 0.129. The number of H-pyrrole nitrogens is 1. The lowest BCUT2D eigenvalue weighted by molar-refractivity contribution is 0.0306. The van der Waals surface area contributed by atoms with Crippen LogP contribution in [0, 0.1) is 11.8 Å². The number of hydrogen-bond donors (Lipinski definition) is 2. The van der Waals surface area contributed by atoms with Crippen molar-refractivity contribution in [2.24, 2.45) is 11.8 Å². The lowest BCUT2D eigenvalue weighted by atomic mass is 9.77. The molecule has 1 saturated heterocycles. The molecule has 0 unspecified atom stereocenters. The zero-order valence-electron chi connectivity index (χ0n) is 14.3. The highest BCUT2D eigenvalue weighted by Gasteiger charge is 2.42. The normalized spacial score (nSPS) is 30.0. The topological polar surface area (TPSA) is 57.1 Å². The first-order valence-corrected chi connectivity index (χ1v) is 9.22. The highest BCUT2D eigenvalue weighted by atomic mass is 16.3. The zero-order valence-corrected chi connectivity index (χ0v) is 14.3. The van der Waals surface area contributed by atoms with Crippen LogP contribution in [0.5, 0.6) is 0 Å². The zero-order chi connectivity index (χ0) is 16.8. The molecule has 3 heterocycles. The average molecular weight is 336 g/mol. The molecule has 5 heteroatoms. The van der Waals surface area contributed by atoms with Crippen LogP contribution in [0.4, 0.5) is 0 Å². The third kappa shape index (κ3) is 2.68. The molecule has 0 amide bonds. The number of aromatic nitrogens is 3. The van der Waals surface area contributed by atoms with Gasteiger partial charge in [-0.2, -0.15) is 5.10 Å². The first-order chi connectivity index (χ1) is 12.3. The van der Waals surface area contributed by atoms with Gasteiger partial charge in [-0.05, 0) is 48.4 Å². The van der Waals surface area contributed by atoms with E-state index in [1.165, 1.54) is 16.5 Å². The van der Waals surface area contributed by atoms with Crippen LogP contribution in [-0.4, -0.2) is 44.0 Å². The lowest BCUT2D eigenvalue weighted by Crippen LogP contribution is -2.36. The number of aliphatic hydroxyl groups is 1. The van der Waals surface area contributed by atoms with E-state index in [4.69, 9.17) is 0 Å². The first-order valence-electron chi connectivity index (χ1n) is 9.22. The fraction of sp³-hybridized carbons (Fsp3) is 0.450. The summed E-state index contributed by atoms with van der Waals surface area (Å²) < 4.78 is 1.95. The van der Waals surface area contributed by atoms with E-state index >= 15 is 0 Å². The number of rotatable bonds is 3. The van der Waals surface area contributed by atoms with Crippen LogP contribution >= 0.6 is 0 Å². The second kappa shape index (κ2) is 6.00. The van der Waals surface area contributed by atoms with Gasteiger partial charge in [-0.3, -0.25) is 9.58 Å². The number of hydrogen-bond acceptors (Lipinski definition) is 3. The van der Waals surface area contributed by atoms with Crippen LogP contribution in [0.25, 0.3) is 10.9 Å². The molecule has 1 aromatic carbocycles. The van der Waals surface area contributed by atoms with Crippen LogP contribution in [0.2, 0.25) is 0 Å². The second-order valence-corrected chi connectivity index (χ2v) is 7.66. The third-order valence-corrected chi connectivity index (χ3v) is 6.13. The van der Waals surface area contributed by atoms with Gasteiger partial charge in [0.1, 0.15) is 0 Å². The quantitative estimate of drug-likeness (QED) is 0.773. The number of benzene rings is 1. The Labute approximate surface area is 147 Å². The molecule has 1 saturated carbocycles. The van der Waals surface area contributed by atoms with E-state index < -0.39 is 0 Å². The van der Waals surface area contributed by atoms with Crippen molar-refractivity contribution >= 4 is 10.9 Å². The molecule has 130 valence electrons. The fourth-order valence-corrected chi connectivity index (χ4v) is 4.92. The van der Waals surface area contributed by atoms with Gasteiger partial charge in [-0.15, -0.1) is 0 Å². The highest BCUT2D eigenvalue weighted by Crippen LogP contribution is 2.41. The summed E-state index contributed by atoms with van der Waals surface area (Å²) in [6.07, 6.45) is 7.43. The predicted molar refractivity (Wildman–Crippen MR) is 97.1 cm³/mol. The standard InChI is InChI=1S/C20H24N4O/c25-20-10-16-13-23(11-14-3-1-4-18-17(14)5-7-21-18)12-15(16)9-19(20)24-8-2-6-22-24/h1-8,15-16,19-21,25H,9-13H2/t15-,16+,19-,20-/m1/s1. The van der Waals surface area contributed by atoms with Gasteiger partial charge in [-0.25, -0.2) is 0 Å². The van der Waals surface area contributed by atoms with Crippen molar-refractivity contribution in [3.63, 3.8) is 0 Å². The van der Waals surface area contributed by atoms with Gasteiger partial charge < -0.3 is 10.1 Å². The van der Waals surface area contributed by atoms with Crippen molar-refractivity contribution in [3.8, 4) is 0 Å². The number of aromatic amines is 1. The molecule has 1 aliphatic heterocycles. The summed E-state index contributed by atoms with van der Waals surface area (Å²) in [5.41, 5.74) is 2.60. The van der Waals surface area contributed by atoms with E-state index in [1.807, 2.05) is 23.1 Å². The molecule has 5 nitrogen and oxygen atoms in total. The van der Waals surface area contributed by atoms with Crippen LogP contribution in [0.1, 0.15) is 24.4 Å². The van der Waals surface area contributed by atoms with E-state index in [-0.39, 0.29) is 12.1 Å². The molecule has 3 aromatic rings.